The smallest absolute Gasteiger partial charge is 0.162 e. The Balaban J connectivity index is 2.39. The van der Waals surface area contributed by atoms with E-state index < -0.39 is 11.6 Å². The Kier molecular flexibility index (Phi) is 6.08. The van der Waals surface area contributed by atoms with Crippen LogP contribution < -0.4 is 5.73 Å². The van der Waals surface area contributed by atoms with E-state index in [9.17, 15) is 8.78 Å². The number of benzene rings is 1. The van der Waals surface area contributed by atoms with E-state index in [1.165, 1.54) is 6.07 Å². The fraction of sp³-hybridized carbons (Fsp3) is 0.538. The van der Waals surface area contributed by atoms with Crippen LogP contribution in [0.1, 0.15) is 25.3 Å². The van der Waals surface area contributed by atoms with Gasteiger partial charge in [-0.3, -0.25) is 0 Å². The minimum absolute atomic E-state index is 0.160. The van der Waals surface area contributed by atoms with Gasteiger partial charge in [0.2, 0.25) is 0 Å². The van der Waals surface area contributed by atoms with E-state index in [1.807, 2.05) is 6.92 Å². The summed E-state index contributed by atoms with van der Waals surface area (Å²) in [5.41, 5.74) is 6.20. The minimum Gasteiger partial charge on any atom is -0.382 e. The fourth-order valence-electron chi connectivity index (χ4n) is 1.68. The van der Waals surface area contributed by atoms with Crippen LogP contribution in [0.2, 0.25) is 0 Å². The third-order valence-electron chi connectivity index (χ3n) is 2.58. The Labute approximate surface area is 101 Å². The summed E-state index contributed by atoms with van der Waals surface area (Å²) >= 11 is 0. The second kappa shape index (κ2) is 7.35. The average molecular weight is 243 g/mol. The van der Waals surface area contributed by atoms with Crippen LogP contribution in [0, 0.1) is 11.6 Å². The average Bonchev–Trinajstić information content (AvgIpc) is 2.31. The maximum absolute atomic E-state index is 13.3. The first-order valence-corrected chi connectivity index (χ1v) is 5.91. The highest BCUT2D eigenvalue weighted by Crippen LogP contribution is 2.14. The van der Waals surface area contributed by atoms with E-state index in [2.05, 4.69) is 0 Å². The normalized spacial score (nSPS) is 12.7. The SMILES string of the molecule is CCOCCCC(N)Cc1cccc(F)c1F. The third-order valence-corrected chi connectivity index (χ3v) is 2.58. The molecule has 0 aliphatic carbocycles. The monoisotopic (exact) mass is 243 g/mol. The molecule has 1 aromatic carbocycles. The number of hydrogen-bond acceptors (Lipinski definition) is 2. The van der Waals surface area contributed by atoms with Crippen LogP contribution in [0.25, 0.3) is 0 Å². The molecule has 0 amide bonds. The Morgan fingerprint density at radius 2 is 2.12 bits per heavy atom. The quantitative estimate of drug-likeness (QED) is 0.747. The zero-order valence-electron chi connectivity index (χ0n) is 10.1. The van der Waals surface area contributed by atoms with Gasteiger partial charge in [0, 0.05) is 19.3 Å². The molecule has 17 heavy (non-hydrogen) atoms. The third kappa shape index (κ3) is 4.79. The van der Waals surface area contributed by atoms with Crippen LogP contribution in [-0.4, -0.2) is 19.3 Å². The zero-order chi connectivity index (χ0) is 12.7. The van der Waals surface area contributed by atoms with Crippen LogP contribution in [0.5, 0.6) is 0 Å². The molecule has 0 radical (unpaired) electrons. The van der Waals surface area contributed by atoms with Crippen LogP contribution in [0.3, 0.4) is 0 Å². The molecule has 0 aliphatic rings. The lowest BCUT2D eigenvalue weighted by molar-refractivity contribution is 0.142. The molecule has 1 unspecified atom stereocenters. The van der Waals surface area contributed by atoms with Crippen molar-refractivity contribution in [2.75, 3.05) is 13.2 Å². The van der Waals surface area contributed by atoms with Gasteiger partial charge in [-0.25, -0.2) is 8.78 Å². The van der Waals surface area contributed by atoms with Gasteiger partial charge in [-0.15, -0.1) is 0 Å². The number of halogens is 2. The molecule has 0 saturated carbocycles. The summed E-state index contributed by atoms with van der Waals surface area (Å²) in [4.78, 5) is 0. The number of ether oxygens (including phenoxy) is 1. The maximum atomic E-state index is 13.3. The van der Waals surface area contributed by atoms with Crippen molar-refractivity contribution in [3.63, 3.8) is 0 Å². The molecule has 96 valence electrons. The van der Waals surface area contributed by atoms with Gasteiger partial charge in [0.25, 0.3) is 0 Å². The van der Waals surface area contributed by atoms with Crippen molar-refractivity contribution in [2.45, 2.75) is 32.2 Å². The van der Waals surface area contributed by atoms with E-state index >= 15 is 0 Å². The van der Waals surface area contributed by atoms with E-state index in [1.54, 1.807) is 6.07 Å². The van der Waals surface area contributed by atoms with Crippen molar-refractivity contribution >= 4 is 0 Å². The van der Waals surface area contributed by atoms with Crippen LogP contribution in [0.15, 0.2) is 18.2 Å². The molecule has 1 rings (SSSR count). The lowest BCUT2D eigenvalue weighted by Crippen LogP contribution is -2.24. The lowest BCUT2D eigenvalue weighted by Gasteiger charge is -2.12. The predicted octanol–water partition coefficient (Wildman–Crippen LogP) is 2.65. The summed E-state index contributed by atoms with van der Waals surface area (Å²) in [6, 6.07) is 4.02. The molecule has 0 spiro atoms. The van der Waals surface area contributed by atoms with Crippen molar-refractivity contribution in [1.82, 2.24) is 0 Å². The molecule has 2 N–H and O–H groups in total. The molecule has 0 aromatic heterocycles. The number of nitrogens with two attached hydrogens (primary N) is 1. The summed E-state index contributed by atoms with van der Waals surface area (Å²) in [5, 5.41) is 0. The second-order valence-electron chi connectivity index (χ2n) is 4.02. The molecule has 1 atom stereocenters. The summed E-state index contributed by atoms with van der Waals surface area (Å²) in [6.07, 6.45) is 1.94. The van der Waals surface area contributed by atoms with Crippen molar-refractivity contribution in [3.05, 3.63) is 35.4 Å². The Morgan fingerprint density at radius 1 is 1.35 bits per heavy atom. The Bertz CT molecular complexity index is 344. The number of rotatable bonds is 7. The van der Waals surface area contributed by atoms with Gasteiger partial charge in [0.15, 0.2) is 11.6 Å². The number of hydrogen-bond donors (Lipinski definition) is 1. The summed E-state index contributed by atoms with van der Waals surface area (Å²) in [7, 11) is 0. The molecule has 0 bridgehead atoms. The van der Waals surface area contributed by atoms with Crippen molar-refractivity contribution < 1.29 is 13.5 Å². The topological polar surface area (TPSA) is 35.2 Å². The highest BCUT2D eigenvalue weighted by atomic mass is 19.2. The first-order chi connectivity index (χ1) is 8.15. The maximum Gasteiger partial charge on any atom is 0.162 e. The first-order valence-electron chi connectivity index (χ1n) is 5.91. The van der Waals surface area contributed by atoms with Gasteiger partial charge in [0.1, 0.15) is 0 Å². The summed E-state index contributed by atoms with van der Waals surface area (Å²) < 4.78 is 31.5. The van der Waals surface area contributed by atoms with Gasteiger partial charge in [-0.1, -0.05) is 12.1 Å². The largest absolute Gasteiger partial charge is 0.382 e. The van der Waals surface area contributed by atoms with Gasteiger partial charge < -0.3 is 10.5 Å². The summed E-state index contributed by atoms with van der Waals surface area (Å²) in [6.45, 7) is 3.28. The van der Waals surface area contributed by atoms with E-state index in [4.69, 9.17) is 10.5 Å². The highest BCUT2D eigenvalue weighted by molar-refractivity contribution is 5.19. The van der Waals surface area contributed by atoms with Crippen molar-refractivity contribution in [2.24, 2.45) is 5.73 Å². The van der Waals surface area contributed by atoms with Crippen LogP contribution >= 0.6 is 0 Å². The zero-order valence-corrected chi connectivity index (χ0v) is 10.1. The molecular weight excluding hydrogens is 224 g/mol. The molecule has 0 fully saturated rings. The highest BCUT2D eigenvalue weighted by Gasteiger charge is 2.11. The first kappa shape index (κ1) is 14.1. The molecule has 1 aromatic rings. The van der Waals surface area contributed by atoms with E-state index in [0.29, 0.717) is 25.2 Å². The summed E-state index contributed by atoms with van der Waals surface area (Å²) in [5.74, 6) is -1.60. The molecule has 0 aliphatic heterocycles. The van der Waals surface area contributed by atoms with Gasteiger partial charge >= 0.3 is 0 Å². The van der Waals surface area contributed by atoms with Crippen molar-refractivity contribution in [3.8, 4) is 0 Å². The van der Waals surface area contributed by atoms with Crippen LogP contribution in [-0.2, 0) is 11.2 Å². The van der Waals surface area contributed by atoms with Crippen molar-refractivity contribution in [1.29, 1.82) is 0 Å². The van der Waals surface area contributed by atoms with E-state index in [0.717, 1.165) is 18.9 Å². The van der Waals surface area contributed by atoms with Gasteiger partial charge in [-0.05, 0) is 37.8 Å². The molecule has 4 heteroatoms. The fourth-order valence-corrected chi connectivity index (χ4v) is 1.68. The lowest BCUT2D eigenvalue weighted by atomic mass is 10.0. The molecular formula is C13H19F2NO. The van der Waals surface area contributed by atoms with Crippen LogP contribution in [0.4, 0.5) is 8.78 Å². The van der Waals surface area contributed by atoms with Gasteiger partial charge in [-0.2, -0.15) is 0 Å². The second-order valence-corrected chi connectivity index (χ2v) is 4.02. The van der Waals surface area contributed by atoms with E-state index in [-0.39, 0.29) is 6.04 Å². The molecule has 2 nitrogen and oxygen atoms in total. The Morgan fingerprint density at radius 3 is 2.82 bits per heavy atom. The predicted molar refractivity (Wildman–Crippen MR) is 63.8 cm³/mol. The molecule has 0 saturated heterocycles. The standard InChI is InChI=1S/C13H19F2NO/c1-2-17-8-4-6-11(16)9-10-5-3-7-12(14)13(10)15/h3,5,7,11H,2,4,6,8-9,16H2,1H3. The van der Waals surface area contributed by atoms with Gasteiger partial charge in [0.05, 0.1) is 0 Å². The Hall–Kier alpha value is -1.00. The minimum atomic E-state index is -0.816. The molecule has 0 heterocycles.